The third-order valence-electron chi connectivity index (χ3n) is 2.67. The summed E-state index contributed by atoms with van der Waals surface area (Å²) in [6.07, 6.45) is 0. The van der Waals surface area contributed by atoms with Gasteiger partial charge in [-0.25, -0.2) is 8.42 Å². The first kappa shape index (κ1) is 16.5. The predicted octanol–water partition coefficient (Wildman–Crippen LogP) is 2.40. The van der Waals surface area contributed by atoms with E-state index in [0.29, 0.717) is 0 Å². The van der Waals surface area contributed by atoms with E-state index in [1.165, 1.54) is 0 Å². The van der Waals surface area contributed by atoms with Gasteiger partial charge in [-0.15, -0.1) is 0 Å². The minimum atomic E-state index is -4.09. The second-order valence-corrected chi connectivity index (χ2v) is 6.60. The molecule has 0 N–H and O–H groups in total. The molecule has 0 aliphatic rings. The van der Waals surface area contributed by atoms with Gasteiger partial charge in [0.2, 0.25) is 15.8 Å². The molecule has 0 unspecified atom stereocenters. The molecular weight excluding hydrogens is 287 g/mol. The van der Waals surface area contributed by atoms with Crippen LogP contribution in [0.15, 0.2) is 23.1 Å². The Morgan fingerprint density at radius 3 is 2.45 bits per heavy atom. The third-order valence-corrected chi connectivity index (χ3v) is 4.64. The minimum absolute atomic E-state index is 0.0531. The highest BCUT2D eigenvalue weighted by atomic mass is 32.2. The Morgan fingerprint density at radius 2 is 2.00 bits per heavy atom. The fourth-order valence-electron chi connectivity index (χ4n) is 1.82. The molecule has 0 amide bonds. The van der Waals surface area contributed by atoms with Crippen molar-refractivity contribution in [3.63, 3.8) is 0 Å². The molecule has 0 atom stereocenters. The van der Waals surface area contributed by atoms with Crippen LogP contribution in [-0.2, 0) is 10.0 Å². The van der Waals surface area contributed by atoms with Crippen LogP contribution >= 0.6 is 0 Å². The topological polar surface area (TPSA) is 80.5 Å². The summed E-state index contributed by atoms with van der Waals surface area (Å²) in [5, 5.41) is 10.9. The smallest absolute Gasteiger partial charge is 0.258 e. The fraction of sp³-hybridized carbons (Fsp3) is 0.500. The standard InChI is InChI=1S/C12H17FN2O4S/c1-4-14(8-9(2)3)20(18,19)11-7-5-6-10(13)12(11)15(16)17/h5-7,9H,4,8H2,1-3H3. The SMILES string of the molecule is CCN(CC(C)C)S(=O)(=O)c1cccc(F)c1[N+](=O)[O-]. The van der Waals surface area contributed by atoms with E-state index in [2.05, 4.69) is 0 Å². The largest absolute Gasteiger partial charge is 0.324 e. The van der Waals surface area contributed by atoms with E-state index in [1.54, 1.807) is 6.92 Å². The second-order valence-electron chi connectivity index (χ2n) is 4.69. The summed E-state index contributed by atoms with van der Waals surface area (Å²) in [7, 11) is -4.09. The number of nitro benzene ring substituents is 1. The summed E-state index contributed by atoms with van der Waals surface area (Å²) in [5.41, 5.74) is -1.00. The number of hydrogen-bond donors (Lipinski definition) is 0. The molecule has 0 heterocycles. The van der Waals surface area contributed by atoms with Crippen LogP contribution < -0.4 is 0 Å². The van der Waals surface area contributed by atoms with E-state index < -0.39 is 31.3 Å². The van der Waals surface area contributed by atoms with Gasteiger partial charge in [-0.05, 0) is 18.1 Å². The van der Waals surface area contributed by atoms with Crippen molar-refractivity contribution in [3.05, 3.63) is 34.1 Å². The molecule has 0 aromatic heterocycles. The van der Waals surface area contributed by atoms with Crippen LogP contribution in [0, 0.1) is 21.8 Å². The van der Waals surface area contributed by atoms with Gasteiger partial charge in [-0.2, -0.15) is 8.70 Å². The Hall–Kier alpha value is -1.54. The molecule has 8 heteroatoms. The van der Waals surface area contributed by atoms with E-state index in [9.17, 15) is 22.9 Å². The van der Waals surface area contributed by atoms with Crippen LogP contribution in [0.3, 0.4) is 0 Å². The Bertz CT molecular complexity index is 601. The van der Waals surface area contributed by atoms with Crippen LogP contribution in [0.1, 0.15) is 20.8 Å². The number of benzene rings is 1. The Kier molecular flexibility index (Phi) is 5.18. The van der Waals surface area contributed by atoms with Gasteiger partial charge in [0.15, 0.2) is 4.90 Å². The molecule has 0 radical (unpaired) electrons. The zero-order chi connectivity index (χ0) is 15.5. The summed E-state index contributed by atoms with van der Waals surface area (Å²) in [5.74, 6) is -1.10. The molecule has 20 heavy (non-hydrogen) atoms. The van der Waals surface area contributed by atoms with Crippen molar-refractivity contribution in [2.75, 3.05) is 13.1 Å². The monoisotopic (exact) mass is 304 g/mol. The van der Waals surface area contributed by atoms with Crippen molar-refractivity contribution < 1.29 is 17.7 Å². The average Bonchev–Trinajstić information content (AvgIpc) is 2.34. The van der Waals surface area contributed by atoms with Crippen LogP contribution in [0.5, 0.6) is 0 Å². The molecule has 0 saturated heterocycles. The summed E-state index contributed by atoms with van der Waals surface area (Å²) in [4.78, 5) is 9.29. The van der Waals surface area contributed by atoms with Gasteiger partial charge < -0.3 is 0 Å². The van der Waals surface area contributed by atoms with E-state index in [1.807, 2.05) is 13.8 Å². The molecule has 6 nitrogen and oxygen atoms in total. The van der Waals surface area contributed by atoms with E-state index in [0.717, 1.165) is 22.5 Å². The highest BCUT2D eigenvalue weighted by Crippen LogP contribution is 2.29. The zero-order valence-corrected chi connectivity index (χ0v) is 12.4. The third kappa shape index (κ3) is 3.31. The van der Waals surface area contributed by atoms with E-state index in [-0.39, 0.29) is 19.0 Å². The fourth-order valence-corrected chi connectivity index (χ4v) is 3.60. The number of rotatable bonds is 6. The Morgan fingerprint density at radius 1 is 1.40 bits per heavy atom. The van der Waals surface area contributed by atoms with E-state index in [4.69, 9.17) is 0 Å². The van der Waals surface area contributed by atoms with Crippen molar-refractivity contribution in [2.24, 2.45) is 5.92 Å². The number of halogens is 1. The summed E-state index contributed by atoms with van der Waals surface area (Å²) >= 11 is 0. The first-order valence-corrected chi connectivity index (χ1v) is 7.58. The lowest BCUT2D eigenvalue weighted by atomic mass is 10.2. The van der Waals surface area contributed by atoms with Crippen molar-refractivity contribution in [3.8, 4) is 0 Å². The Balaban J connectivity index is 3.42. The van der Waals surface area contributed by atoms with Crippen LogP contribution in [0.25, 0.3) is 0 Å². The number of para-hydroxylation sites is 1. The molecule has 1 rings (SSSR count). The lowest BCUT2D eigenvalue weighted by Crippen LogP contribution is -2.34. The first-order chi connectivity index (χ1) is 9.21. The summed E-state index contributed by atoms with van der Waals surface area (Å²) < 4.78 is 39.5. The van der Waals surface area contributed by atoms with Crippen molar-refractivity contribution >= 4 is 15.7 Å². The predicted molar refractivity (Wildman–Crippen MR) is 72.3 cm³/mol. The first-order valence-electron chi connectivity index (χ1n) is 6.14. The summed E-state index contributed by atoms with van der Waals surface area (Å²) in [6.45, 7) is 5.67. The van der Waals surface area contributed by atoms with Gasteiger partial charge in [0.25, 0.3) is 0 Å². The molecule has 1 aromatic carbocycles. The highest BCUT2D eigenvalue weighted by molar-refractivity contribution is 7.89. The van der Waals surface area contributed by atoms with Crippen LogP contribution in [0.2, 0.25) is 0 Å². The minimum Gasteiger partial charge on any atom is -0.258 e. The van der Waals surface area contributed by atoms with Gasteiger partial charge in [-0.1, -0.05) is 26.8 Å². The quantitative estimate of drug-likeness (QED) is 0.597. The Labute approximate surface area is 117 Å². The zero-order valence-electron chi connectivity index (χ0n) is 11.5. The summed E-state index contributed by atoms with van der Waals surface area (Å²) in [6, 6.07) is 3.08. The highest BCUT2D eigenvalue weighted by Gasteiger charge is 2.33. The normalized spacial score (nSPS) is 12.1. The maximum absolute atomic E-state index is 13.5. The van der Waals surface area contributed by atoms with Crippen molar-refractivity contribution in [1.82, 2.24) is 4.31 Å². The lowest BCUT2D eigenvalue weighted by Gasteiger charge is -2.22. The molecule has 0 fully saturated rings. The van der Waals surface area contributed by atoms with Gasteiger partial charge in [0, 0.05) is 13.1 Å². The second kappa shape index (κ2) is 6.27. The number of hydrogen-bond acceptors (Lipinski definition) is 4. The van der Waals surface area contributed by atoms with Gasteiger partial charge in [0.1, 0.15) is 0 Å². The van der Waals surface area contributed by atoms with Crippen molar-refractivity contribution in [1.29, 1.82) is 0 Å². The van der Waals surface area contributed by atoms with Gasteiger partial charge in [0.05, 0.1) is 4.92 Å². The molecule has 0 saturated carbocycles. The molecule has 0 bridgehead atoms. The lowest BCUT2D eigenvalue weighted by molar-refractivity contribution is -0.390. The van der Waals surface area contributed by atoms with Gasteiger partial charge >= 0.3 is 5.69 Å². The molecule has 0 spiro atoms. The number of sulfonamides is 1. The average molecular weight is 304 g/mol. The molecular formula is C12H17FN2O4S. The molecule has 0 aliphatic heterocycles. The van der Waals surface area contributed by atoms with E-state index >= 15 is 0 Å². The van der Waals surface area contributed by atoms with Gasteiger partial charge in [-0.3, -0.25) is 10.1 Å². The maximum Gasteiger partial charge on any atom is 0.324 e. The number of nitro groups is 1. The maximum atomic E-state index is 13.5. The van der Waals surface area contributed by atoms with Crippen LogP contribution in [0.4, 0.5) is 10.1 Å². The van der Waals surface area contributed by atoms with Crippen molar-refractivity contribution in [2.45, 2.75) is 25.7 Å². The molecule has 112 valence electrons. The molecule has 0 aliphatic carbocycles. The van der Waals surface area contributed by atoms with Crippen LogP contribution in [-0.4, -0.2) is 30.7 Å². The molecule has 1 aromatic rings. The number of nitrogens with zero attached hydrogens (tertiary/aromatic N) is 2.